The summed E-state index contributed by atoms with van der Waals surface area (Å²) in [5.74, 6) is 0. The Labute approximate surface area is 89.4 Å². The zero-order valence-electron chi connectivity index (χ0n) is 8.24. The van der Waals surface area contributed by atoms with E-state index in [4.69, 9.17) is 0 Å². The number of aryl methyl sites for hydroxylation is 2. The number of rotatable bonds is 2. The van der Waals surface area contributed by atoms with Crippen molar-refractivity contribution in [2.24, 2.45) is 0 Å². The van der Waals surface area contributed by atoms with Crippen LogP contribution in [0.4, 0.5) is 13.2 Å². The Bertz CT molecular complexity index is 478. The number of nitrogens with zero attached hydrogens (tertiary/aromatic N) is 2. The van der Waals surface area contributed by atoms with Gasteiger partial charge in [-0.3, -0.25) is 0 Å². The molecule has 0 aliphatic heterocycles. The summed E-state index contributed by atoms with van der Waals surface area (Å²) in [6.07, 6.45) is 0. The van der Waals surface area contributed by atoms with E-state index in [2.05, 4.69) is 14.2 Å². The van der Waals surface area contributed by atoms with E-state index in [1.807, 2.05) is 0 Å². The van der Waals surface area contributed by atoms with Crippen LogP contribution in [-0.4, -0.2) is 23.9 Å². The fourth-order valence-corrected chi connectivity index (χ4v) is 1.24. The van der Waals surface area contributed by atoms with Gasteiger partial charge in [0.25, 0.3) is 0 Å². The van der Waals surface area contributed by atoms with Gasteiger partial charge >= 0.3 is 21.6 Å². The third-order valence-electron chi connectivity index (χ3n) is 1.43. The van der Waals surface area contributed by atoms with Gasteiger partial charge in [0.15, 0.2) is 0 Å². The van der Waals surface area contributed by atoms with E-state index in [0.29, 0.717) is 11.4 Å². The number of hydrogen-bond donors (Lipinski definition) is 0. The zero-order chi connectivity index (χ0) is 12.6. The highest BCUT2D eigenvalue weighted by Crippen LogP contribution is 2.25. The van der Waals surface area contributed by atoms with Crippen molar-refractivity contribution in [1.29, 1.82) is 0 Å². The van der Waals surface area contributed by atoms with Crippen LogP contribution in [0.5, 0.6) is 6.01 Å². The highest BCUT2D eigenvalue weighted by molar-refractivity contribution is 7.87. The molecule has 0 amide bonds. The van der Waals surface area contributed by atoms with Gasteiger partial charge in [-0.25, -0.2) is 0 Å². The second-order valence-corrected chi connectivity index (χ2v) is 4.45. The Morgan fingerprint density at radius 2 is 1.62 bits per heavy atom. The number of halogens is 3. The second kappa shape index (κ2) is 3.89. The maximum atomic E-state index is 12.0. The average molecular weight is 256 g/mol. The predicted octanol–water partition coefficient (Wildman–Crippen LogP) is 1.32. The molecule has 0 saturated heterocycles. The normalized spacial score (nSPS) is 12.6. The molecule has 0 spiro atoms. The van der Waals surface area contributed by atoms with Crippen LogP contribution in [0.2, 0.25) is 0 Å². The Hall–Kier alpha value is -1.38. The van der Waals surface area contributed by atoms with E-state index in [1.54, 1.807) is 0 Å². The van der Waals surface area contributed by atoms with E-state index in [-0.39, 0.29) is 0 Å². The van der Waals surface area contributed by atoms with Gasteiger partial charge in [-0.2, -0.15) is 31.6 Å². The molecule has 1 aromatic rings. The molecule has 1 rings (SSSR count). The Morgan fingerprint density at radius 1 is 1.19 bits per heavy atom. The van der Waals surface area contributed by atoms with Crippen molar-refractivity contribution in [1.82, 2.24) is 9.97 Å². The summed E-state index contributed by atoms with van der Waals surface area (Å²) >= 11 is 0. The van der Waals surface area contributed by atoms with Gasteiger partial charge in [0.2, 0.25) is 0 Å². The Morgan fingerprint density at radius 3 is 2.00 bits per heavy atom. The lowest BCUT2D eigenvalue weighted by Gasteiger charge is -2.08. The zero-order valence-corrected chi connectivity index (χ0v) is 9.06. The molecular weight excluding hydrogens is 249 g/mol. The molecular formula is C7H7F3N2O3S. The maximum absolute atomic E-state index is 12.0. The topological polar surface area (TPSA) is 69.2 Å². The van der Waals surface area contributed by atoms with Gasteiger partial charge in [0.1, 0.15) is 0 Å². The number of aromatic nitrogens is 2. The van der Waals surface area contributed by atoms with Crippen molar-refractivity contribution in [3.05, 3.63) is 17.5 Å². The fourth-order valence-electron chi connectivity index (χ4n) is 0.876. The summed E-state index contributed by atoms with van der Waals surface area (Å²) in [5.41, 5.74) is -4.88. The highest BCUT2D eigenvalue weighted by atomic mass is 32.2. The molecule has 0 bridgehead atoms. The predicted molar refractivity (Wildman–Crippen MR) is 47.1 cm³/mol. The van der Waals surface area contributed by atoms with Crippen molar-refractivity contribution >= 4 is 10.1 Å². The van der Waals surface area contributed by atoms with Crippen LogP contribution in [-0.2, 0) is 10.1 Å². The molecule has 0 aromatic carbocycles. The molecule has 0 N–H and O–H groups in total. The quantitative estimate of drug-likeness (QED) is 0.589. The first-order valence-electron chi connectivity index (χ1n) is 3.95. The van der Waals surface area contributed by atoms with Gasteiger partial charge in [-0.1, -0.05) is 0 Å². The standard InChI is InChI=1S/C7H7F3N2O3S/c1-4-3-5(2)12-6(11-4)15-16(13,14)7(8,9)10/h3H,1-2H3. The molecule has 1 aromatic heterocycles. The summed E-state index contributed by atoms with van der Waals surface area (Å²) in [4.78, 5) is 6.84. The van der Waals surface area contributed by atoms with E-state index >= 15 is 0 Å². The third-order valence-corrected chi connectivity index (χ3v) is 2.36. The summed E-state index contributed by atoms with van der Waals surface area (Å²) in [7, 11) is -5.71. The third kappa shape index (κ3) is 2.81. The van der Waals surface area contributed by atoms with E-state index in [9.17, 15) is 21.6 Å². The van der Waals surface area contributed by atoms with Crippen molar-refractivity contribution in [2.45, 2.75) is 19.4 Å². The lowest BCUT2D eigenvalue weighted by Crippen LogP contribution is -2.28. The largest absolute Gasteiger partial charge is 0.534 e. The first kappa shape index (κ1) is 12.7. The molecule has 1 heterocycles. The molecule has 0 aliphatic rings. The molecule has 0 unspecified atom stereocenters. The number of hydrogen-bond acceptors (Lipinski definition) is 5. The summed E-state index contributed by atoms with van der Waals surface area (Å²) in [6, 6.07) is 0.627. The molecule has 5 nitrogen and oxygen atoms in total. The van der Waals surface area contributed by atoms with Crippen molar-refractivity contribution in [3.8, 4) is 6.01 Å². The van der Waals surface area contributed by atoms with Gasteiger partial charge in [0.05, 0.1) is 0 Å². The van der Waals surface area contributed by atoms with Crippen LogP contribution in [0.25, 0.3) is 0 Å². The van der Waals surface area contributed by atoms with Gasteiger partial charge < -0.3 is 4.18 Å². The summed E-state index contributed by atoms with van der Waals surface area (Å²) in [5, 5.41) is 0. The van der Waals surface area contributed by atoms with Crippen LogP contribution in [0, 0.1) is 13.8 Å². The number of alkyl halides is 3. The molecule has 0 saturated carbocycles. The Kier molecular flexibility index (Phi) is 3.08. The van der Waals surface area contributed by atoms with E-state index < -0.39 is 21.6 Å². The molecule has 90 valence electrons. The van der Waals surface area contributed by atoms with Crippen LogP contribution in [0.15, 0.2) is 6.07 Å². The van der Waals surface area contributed by atoms with Crippen molar-refractivity contribution < 1.29 is 25.8 Å². The molecule has 0 aliphatic carbocycles. The minimum absolute atomic E-state index is 0.305. The molecule has 16 heavy (non-hydrogen) atoms. The minimum Gasteiger partial charge on any atom is -0.337 e. The smallest absolute Gasteiger partial charge is 0.337 e. The lowest BCUT2D eigenvalue weighted by molar-refractivity contribution is -0.0503. The first-order chi connectivity index (χ1) is 7.12. The minimum atomic E-state index is -5.71. The van der Waals surface area contributed by atoms with Crippen LogP contribution < -0.4 is 4.18 Å². The molecule has 0 fully saturated rings. The molecule has 9 heteroatoms. The summed E-state index contributed by atoms with van der Waals surface area (Å²) < 4.78 is 60.8. The Balaban J connectivity index is 3.07. The lowest BCUT2D eigenvalue weighted by atomic mass is 10.4. The van der Waals surface area contributed by atoms with Crippen LogP contribution in [0.1, 0.15) is 11.4 Å². The monoisotopic (exact) mass is 256 g/mol. The SMILES string of the molecule is Cc1cc(C)nc(OS(=O)(=O)C(F)(F)F)n1. The summed E-state index contributed by atoms with van der Waals surface area (Å²) in [6.45, 7) is 2.95. The maximum Gasteiger partial charge on any atom is 0.534 e. The second-order valence-electron chi connectivity index (χ2n) is 2.92. The highest BCUT2D eigenvalue weighted by Gasteiger charge is 2.49. The van der Waals surface area contributed by atoms with Gasteiger partial charge in [0, 0.05) is 11.4 Å². The van der Waals surface area contributed by atoms with Crippen LogP contribution >= 0.6 is 0 Å². The molecule has 0 radical (unpaired) electrons. The first-order valence-corrected chi connectivity index (χ1v) is 5.36. The van der Waals surface area contributed by atoms with Crippen LogP contribution in [0.3, 0.4) is 0 Å². The van der Waals surface area contributed by atoms with Gasteiger partial charge in [-0.05, 0) is 19.9 Å². The van der Waals surface area contributed by atoms with E-state index in [1.165, 1.54) is 19.9 Å². The van der Waals surface area contributed by atoms with Gasteiger partial charge in [-0.15, -0.1) is 0 Å². The van der Waals surface area contributed by atoms with Crippen molar-refractivity contribution in [2.75, 3.05) is 0 Å². The van der Waals surface area contributed by atoms with Crippen molar-refractivity contribution in [3.63, 3.8) is 0 Å². The molecule has 0 atom stereocenters. The van der Waals surface area contributed by atoms with E-state index in [0.717, 1.165) is 0 Å². The fraction of sp³-hybridized carbons (Fsp3) is 0.429. The average Bonchev–Trinajstić information content (AvgIpc) is 1.97.